The number of amides is 2. The van der Waals surface area contributed by atoms with Crippen molar-refractivity contribution in [1.29, 1.82) is 5.26 Å². The van der Waals surface area contributed by atoms with E-state index in [2.05, 4.69) is 5.10 Å². The van der Waals surface area contributed by atoms with Crippen LogP contribution in [0.25, 0.3) is 0 Å². The van der Waals surface area contributed by atoms with Crippen LogP contribution in [0.2, 0.25) is 10.0 Å². The molecule has 0 aromatic heterocycles. The van der Waals surface area contributed by atoms with Gasteiger partial charge in [-0.05, 0) is 36.6 Å². The lowest BCUT2D eigenvalue weighted by atomic mass is 10.1. The summed E-state index contributed by atoms with van der Waals surface area (Å²) in [5.74, 6) is -0.518. The number of benzene rings is 2. The Labute approximate surface area is 192 Å². The summed E-state index contributed by atoms with van der Waals surface area (Å²) < 4.78 is 5.93. The van der Waals surface area contributed by atoms with Crippen LogP contribution in [0, 0.1) is 11.3 Å². The first-order valence-electron chi connectivity index (χ1n) is 9.82. The van der Waals surface area contributed by atoms with Gasteiger partial charge in [0.1, 0.15) is 11.8 Å². The molecule has 1 saturated carbocycles. The predicted octanol–water partition coefficient (Wildman–Crippen LogP) is 4.02. The second kappa shape index (κ2) is 7.62. The molecule has 0 saturated heterocycles. The number of ketones is 1. The maximum absolute atomic E-state index is 12.3. The van der Waals surface area contributed by atoms with E-state index in [-0.39, 0.29) is 39.1 Å². The fourth-order valence-corrected chi connectivity index (χ4v) is 4.33. The summed E-state index contributed by atoms with van der Waals surface area (Å²) >= 11 is 12.8. The SMILES string of the molecule is N#CC1=NN(c2cc(Cl)c(Oc3ccc4c(c3)N(C3CC3)C(=O)C4)c(Cl)c2)C(=O)CC1=O. The molecular weight excluding hydrogens is 455 g/mol. The maximum atomic E-state index is 12.3. The number of rotatable bonds is 4. The number of carbonyl (C=O) groups is 3. The molecule has 0 atom stereocenters. The third-order valence-electron chi connectivity index (χ3n) is 5.40. The van der Waals surface area contributed by atoms with E-state index < -0.39 is 18.1 Å². The molecule has 0 radical (unpaired) electrons. The van der Waals surface area contributed by atoms with Crippen molar-refractivity contribution in [2.75, 3.05) is 9.91 Å². The van der Waals surface area contributed by atoms with Gasteiger partial charge in [-0.3, -0.25) is 14.4 Å². The molecule has 32 heavy (non-hydrogen) atoms. The Kier molecular flexibility index (Phi) is 4.88. The van der Waals surface area contributed by atoms with Crippen molar-refractivity contribution >= 4 is 57.9 Å². The first kappa shape index (κ1) is 20.5. The smallest absolute Gasteiger partial charge is 0.255 e. The fraction of sp³-hybridized carbons (Fsp3) is 0.227. The van der Waals surface area contributed by atoms with Crippen molar-refractivity contribution in [3.8, 4) is 17.6 Å². The van der Waals surface area contributed by atoms with Gasteiger partial charge in [-0.2, -0.15) is 15.4 Å². The molecule has 2 aliphatic heterocycles. The minimum atomic E-state index is -0.638. The van der Waals surface area contributed by atoms with Gasteiger partial charge in [0.25, 0.3) is 5.91 Å². The van der Waals surface area contributed by atoms with Gasteiger partial charge in [-0.15, -0.1) is 0 Å². The first-order chi connectivity index (χ1) is 15.4. The number of hydrogen-bond acceptors (Lipinski definition) is 6. The zero-order chi connectivity index (χ0) is 22.6. The Hall–Kier alpha value is -3.41. The quantitative estimate of drug-likeness (QED) is 0.630. The van der Waals surface area contributed by atoms with Crippen molar-refractivity contribution in [3.63, 3.8) is 0 Å². The van der Waals surface area contributed by atoms with Gasteiger partial charge in [0, 0.05) is 12.1 Å². The van der Waals surface area contributed by atoms with E-state index in [0.717, 1.165) is 29.1 Å². The highest BCUT2D eigenvalue weighted by atomic mass is 35.5. The van der Waals surface area contributed by atoms with Crippen LogP contribution >= 0.6 is 23.2 Å². The highest BCUT2D eigenvalue weighted by Crippen LogP contribution is 2.44. The third-order valence-corrected chi connectivity index (χ3v) is 5.97. The summed E-state index contributed by atoms with van der Waals surface area (Å²) in [7, 11) is 0. The van der Waals surface area contributed by atoms with E-state index >= 15 is 0 Å². The van der Waals surface area contributed by atoms with Crippen LogP contribution < -0.4 is 14.6 Å². The third kappa shape index (κ3) is 3.49. The van der Waals surface area contributed by atoms with E-state index in [0.29, 0.717) is 12.2 Å². The Morgan fingerprint density at radius 1 is 1.03 bits per heavy atom. The van der Waals surface area contributed by atoms with E-state index in [1.165, 1.54) is 12.1 Å². The molecule has 0 unspecified atom stereocenters. The maximum Gasteiger partial charge on any atom is 0.255 e. The first-order valence-corrected chi connectivity index (χ1v) is 10.6. The summed E-state index contributed by atoms with van der Waals surface area (Å²) in [6.45, 7) is 0. The van der Waals surface area contributed by atoms with Gasteiger partial charge < -0.3 is 9.64 Å². The molecular formula is C22H14Cl2N4O4. The number of anilines is 2. The number of nitrogens with zero attached hydrogens (tertiary/aromatic N) is 4. The van der Waals surface area contributed by atoms with Gasteiger partial charge in [0.2, 0.25) is 17.4 Å². The second-order valence-electron chi connectivity index (χ2n) is 7.67. The standard InChI is InChI=1S/C22H14Cl2N4O4/c23-15-6-13(28-21(31)9-19(29)17(10-25)26-28)7-16(24)22(15)32-14-4-1-11-5-20(30)27(12-2-3-12)18(11)8-14/h1,4,6-8,12H,2-3,5,9H2. The van der Waals surface area contributed by atoms with E-state index in [1.54, 1.807) is 18.2 Å². The van der Waals surface area contributed by atoms with Crippen molar-refractivity contribution in [2.45, 2.75) is 31.7 Å². The van der Waals surface area contributed by atoms with E-state index in [4.69, 9.17) is 33.2 Å². The summed E-state index contributed by atoms with van der Waals surface area (Å²) in [6.07, 6.45) is 1.89. The lowest BCUT2D eigenvalue weighted by Gasteiger charge is -2.22. The molecule has 1 fully saturated rings. The molecule has 0 spiro atoms. The molecule has 8 nitrogen and oxygen atoms in total. The molecule has 2 aromatic rings. The molecule has 10 heteroatoms. The summed E-state index contributed by atoms with van der Waals surface area (Å²) in [6, 6.07) is 10.1. The van der Waals surface area contributed by atoms with Crippen molar-refractivity contribution in [3.05, 3.63) is 45.9 Å². The highest BCUT2D eigenvalue weighted by Gasteiger charge is 2.39. The Balaban J connectivity index is 1.45. The number of fused-ring (bicyclic) bond motifs is 1. The summed E-state index contributed by atoms with van der Waals surface area (Å²) in [5.41, 5.74) is 1.62. The molecule has 1 aliphatic carbocycles. The largest absolute Gasteiger partial charge is 0.454 e. The highest BCUT2D eigenvalue weighted by molar-refractivity contribution is 6.50. The average molecular weight is 469 g/mol. The van der Waals surface area contributed by atoms with Crippen LogP contribution in [-0.2, 0) is 20.8 Å². The molecule has 0 N–H and O–H groups in total. The normalized spacial score (nSPS) is 17.9. The van der Waals surface area contributed by atoms with Crippen LogP contribution in [0.3, 0.4) is 0 Å². The molecule has 2 aromatic carbocycles. The monoisotopic (exact) mass is 468 g/mol. The second-order valence-corrected chi connectivity index (χ2v) is 8.48. The van der Waals surface area contributed by atoms with Crippen LogP contribution in [-0.4, -0.2) is 29.4 Å². The lowest BCUT2D eigenvalue weighted by Crippen LogP contribution is -2.36. The van der Waals surface area contributed by atoms with E-state index in [9.17, 15) is 14.4 Å². The predicted molar refractivity (Wildman–Crippen MR) is 117 cm³/mol. The lowest BCUT2D eigenvalue weighted by molar-refractivity contribution is -0.124. The van der Waals surface area contributed by atoms with E-state index in [1.807, 2.05) is 11.0 Å². The molecule has 160 valence electrons. The molecule has 2 heterocycles. The number of nitriles is 1. The number of hydrogen-bond donors (Lipinski definition) is 0. The van der Waals surface area contributed by atoms with Gasteiger partial charge >= 0.3 is 0 Å². The minimum absolute atomic E-state index is 0.0852. The van der Waals surface area contributed by atoms with Gasteiger partial charge in [0.05, 0.1) is 34.3 Å². The fourth-order valence-electron chi connectivity index (χ4n) is 3.77. The van der Waals surface area contributed by atoms with Gasteiger partial charge in [0.15, 0.2) is 5.75 Å². The van der Waals surface area contributed by atoms with Crippen LogP contribution in [0.1, 0.15) is 24.8 Å². The number of halogens is 2. The number of carbonyl (C=O) groups excluding carboxylic acids is 3. The number of hydrazone groups is 1. The van der Waals surface area contributed by atoms with Gasteiger partial charge in [-0.1, -0.05) is 29.3 Å². The number of ether oxygens (including phenoxy) is 1. The molecule has 2 amide bonds. The van der Waals surface area contributed by atoms with Gasteiger partial charge in [-0.25, -0.2) is 0 Å². The van der Waals surface area contributed by atoms with Crippen LogP contribution in [0.5, 0.6) is 11.5 Å². The average Bonchev–Trinajstić information content (AvgIpc) is 3.52. The zero-order valence-corrected chi connectivity index (χ0v) is 18.0. The van der Waals surface area contributed by atoms with Crippen molar-refractivity contribution in [2.24, 2.45) is 5.10 Å². The van der Waals surface area contributed by atoms with Crippen molar-refractivity contribution < 1.29 is 19.1 Å². The summed E-state index contributed by atoms with van der Waals surface area (Å²) in [4.78, 5) is 38.1. The topological polar surface area (TPSA) is 103 Å². The Bertz CT molecular complexity index is 1260. The molecule has 5 rings (SSSR count). The molecule has 3 aliphatic rings. The van der Waals surface area contributed by atoms with Crippen molar-refractivity contribution in [1.82, 2.24) is 0 Å². The zero-order valence-electron chi connectivity index (χ0n) is 16.5. The number of Topliss-reactive ketones (excluding diaryl/α,β-unsaturated/α-hetero) is 1. The molecule has 0 bridgehead atoms. The Morgan fingerprint density at radius 3 is 2.41 bits per heavy atom. The van der Waals surface area contributed by atoms with Crippen LogP contribution in [0.4, 0.5) is 11.4 Å². The summed E-state index contributed by atoms with van der Waals surface area (Å²) in [5, 5.41) is 14.0. The Morgan fingerprint density at radius 2 is 1.75 bits per heavy atom. The van der Waals surface area contributed by atoms with Crippen LogP contribution in [0.15, 0.2) is 35.4 Å². The minimum Gasteiger partial charge on any atom is -0.454 e.